The Kier molecular flexibility index (Phi) is 6.06. The van der Waals surface area contributed by atoms with Crippen LogP contribution in [0, 0.1) is 0 Å². The molecule has 0 saturated carbocycles. The molecule has 3 heteroatoms. The lowest BCUT2D eigenvalue weighted by Crippen LogP contribution is -2.27. The SMILES string of the molecule is C[C@H](NC(=O)CCc1ccccc1Cl)c1ccc(C(C)(C)C)cc1. The molecule has 0 aliphatic carbocycles. The van der Waals surface area contributed by atoms with Crippen LogP contribution in [0.1, 0.15) is 56.8 Å². The summed E-state index contributed by atoms with van der Waals surface area (Å²) in [5, 5.41) is 3.78. The molecule has 0 bridgehead atoms. The minimum absolute atomic E-state index is 0.00207. The van der Waals surface area contributed by atoms with Gasteiger partial charge in [0.1, 0.15) is 0 Å². The van der Waals surface area contributed by atoms with E-state index in [0.717, 1.165) is 16.1 Å². The highest BCUT2D eigenvalue weighted by atomic mass is 35.5. The van der Waals surface area contributed by atoms with Gasteiger partial charge in [0.2, 0.25) is 5.91 Å². The Morgan fingerprint density at radius 1 is 1.08 bits per heavy atom. The summed E-state index contributed by atoms with van der Waals surface area (Å²) < 4.78 is 0. The third-order valence-electron chi connectivity index (χ3n) is 4.23. The van der Waals surface area contributed by atoms with Gasteiger partial charge in [0.25, 0.3) is 0 Å². The number of halogens is 1. The number of amides is 1. The van der Waals surface area contributed by atoms with Crippen molar-refractivity contribution in [2.24, 2.45) is 0 Å². The molecule has 0 fully saturated rings. The summed E-state index contributed by atoms with van der Waals surface area (Å²) in [5.41, 5.74) is 3.56. The predicted octanol–water partition coefficient (Wildman–Crippen LogP) is 5.45. The average Bonchev–Trinajstić information content (AvgIpc) is 2.53. The first-order chi connectivity index (χ1) is 11.3. The van der Waals surface area contributed by atoms with Crippen molar-refractivity contribution in [1.29, 1.82) is 0 Å². The van der Waals surface area contributed by atoms with Gasteiger partial charge in [-0.1, -0.05) is 74.8 Å². The molecule has 0 aromatic heterocycles. The number of benzene rings is 2. The Bertz CT molecular complexity index is 686. The maximum atomic E-state index is 12.2. The molecule has 1 N–H and O–H groups in total. The van der Waals surface area contributed by atoms with E-state index in [1.165, 1.54) is 5.56 Å². The fourth-order valence-electron chi connectivity index (χ4n) is 2.62. The predicted molar refractivity (Wildman–Crippen MR) is 101 cm³/mol. The lowest BCUT2D eigenvalue weighted by molar-refractivity contribution is -0.121. The average molecular weight is 344 g/mol. The molecule has 0 radical (unpaired) electrons. The number of hydrogen-bond acceptors (Lipinski definition) is 1. The standard InChI is InChI=1S/C21H26ClNO/c1-15(16-9-12-18(13-10-16)21(2,3)4)23-20(24)14-11-17-7-5-6-8-19(17)22/h5-10,12-13,15H,11,14H2,1-4H3,(H,23,24)/t15-/m0/s1. The van der Waals surface area contributed by atoms with Gasteiger partial charge in [-0.25, -0.2) is 0 Å². The highest BCUT2D eigenvalue weighted by Crippen LogP contribution is 2.24. The maximum Gasteiger partial charge on any atom is 0.220 e. The molecule has 24 heavy (non-hydrogen) atoms. The van der Waals surface area contributed by atoms with E-state index >= 15 is 0 Å². The summed E-state index contributed by atoms with van der Waals surface area (Å²) in [6, 6.07) is 16.1. The van der Waals surface area contributed by atoms with Crippen LogP contribution in [0.5, 0.6) is 0 Å². The van der Waals surface area contributed by atoms with Crippen LogP contribution in [0.3, 0.4) is 0 Å². The highest BCUT2D eigenvalue weighted by molar-refractivity contribution is 6.31. The molecular formula is C21H26ClNO. The molecule has 0 heterocycles. The fraction of sp³-hybridized carbons (Fsp3) is 0.381. The summed E-state index contributed by atoms with van der Waals surface area (Å²) >= 11 is 6.13. The second-order valence-electron chi connectivity index (χ2n) is 7.25. The van der Waals surface area contributed by atoms with E-state index < -0.39 is 0 Å². The quantitative estimate of drug-likeness (QED) is 0.768. The van der Waals surface area contributed by atoms with Crippen LogP contribution in [-0.2, 0) is 16.6 Å². The summed E-state index contributed by atoms with van der Waals surface area (Å²) in [4.78, 5) is 12.2. The Hall–Kier alpha value is -1.80. The first-order valence-electron chi connectivity index (χ1n) is 8.40. The van der Waals surface area contributed by atoms with Crippen molar-refractivity contribution in [2.75, 3.05) is 0 Å². The molecule has 0 unspecified atom stereocenters. The van der Waals surface area contributed by atoms with E-state index in [1.807, 2.05) is 31.2 Å². The molecule has 0 aliphatic rings. The third kappa shape index (κ3) is 5.10. The van der Waals surface area contributed by atoms with Gasteiger partial charge in [-0.3, -0.25) is 4.79 Å². The van der Waals surface area contributed by atoms with Crippen LogP contribution in [0.15, 0.2) is 48.5 Å². The Morgan fingerprint density at radius 2 is 1.71 bits per heavy atom. The molecule has 0 aliphatic heterocycles. The normalized spacial score (nSPS) is 12.7. The topological polar surface area (TPSA) is 29.1 Å². The van der Waals surface area contributed by atoms with E-state index in [9.17, 15) is 4.79 Å². The van der Waals surface area contributed by atoms with E-state index in [-0.39, 0.29) is 17.4 Å². The van der Waals surface area contributed by atoms with Crippen molar-refractivity contribution in [3.05, 3.63) is 70.2 Å². The van der Waals surface area contributed by atoms with Gasteiger partial charge in [0.05, 0.1) is 6.04 Å². The van der Waals surface area contributed by atoms with Crippen LogP contribution in [0.2, 0.25) is 5.02 Å². The van der Waals surface area contributed by atoms with Crippen LogP contribution in [0.4, 0.5) is 0 Å². The smallest absolute Gasteiger partial charge is 0.220 e. The van der Waals surface area contributed by atoms with Crippen LogP contribution >= 0.6 is 11.6 Å². The lowest BCUT2D eigenvalue weighted by atomic mass is 9.86. The Morgan fingerprint density at radius 3 is 2.29 bits per heavy atom. The first-order valence-corrected chi connectivity index (χ1v) is 8.78. The van der Waals surface area contributed by atoms with E-state index in [0.29, 0.717) is 12.8 Å². The monoisotopic (exact) mass is 343 g/mol. The van der Waals surface area contributed by atoms with Crippen molar-refractivity contribution < 1.29 is 4.79 Å². The summed E-state index contributed by atoms with van der Waals surface area (Å²) in [5.74, 6) is 0.0438. The zero-order chi connectivity index (χ0) is 17.7. The summed E-state index contributed by atoms with van der Waals surface area (Å²) in [7, 11) is 0. The van der Waals surface area contributed by atoms with Gasteiger partial charge in [-0.15, -0.1) is 0 Å². The van der Waals surface area contributed by atoms with Crippen molar-refractivity contribution in [3.63, 3.8) is 0 Å². The second-order valence-corrected chi connectivity index (χ2v) is 7.66. The van der Waals surface area contributed by atoms with E-state index in [1.54, 1.807) is 0 Å². The molecule has 0 spiro atoms. The number of hydrogen-bond donors (Lipinski definition) is 1. The van der Waals surface area contributed by atoms with Gasteiger partial charge in [0, 0.05) is 11.4 Å². The number of nitrogens with one attached hydrogen (secondary N) is 1. The molecule has 1 amide bonds. The van der Waals surface area contributed by atoms with E-state index in [2.05, 4.69) is 50.4 Å². The van der Waals surface area contributed by atoms with Crippen molar-refractivity contribution in [1.82, 2.24) is 5.32 Å². The molecule has 2 nitrogen and oxygen atoms in total. The van der Waals surface area contributed by atoms with Gasteiger partial charge in [0.15, 0.2) is 0 Å². The minimum Gasteiger partial charge on any atom is -0.350 e. The highest BCUT2D eigenvalue weighted by Gasteiger charge is 2.15. The first kappa shape index (κ1) is 18.5. The van der Waals surface area contributed by atoms with Crippen molar-refractivity contribution in [2.45, 2.75) is 52.0 Å². The summed E-state index contributed by atoms with van der Waals surface area (Å²) in [6.07, 6.45) is 1.09. The molecule has 1 atom stereocenters. The number of aryl methyl sites for hydroxylation is 1. The molecule has 2 aromatic rings. The Balaban J connectivity index is 1.90. The second kappa shape index (κ2) is 7.85. The number of rotatable bonds is 5. The molecule has 128 valence electrons. The van der Waals surface area contributed by atoms with Gasteiger partial charge < -0.3 is 5.32 Å². The fourth-order valence-corrected chi connectivity index (χ4v) is 2.85. The van der Waals surface area contributed by atoms with Gasteiger partial charge >= 0.3 is 0 Å². The third-order valence-corrected chi connectivity index (χ3v) is 4.60. The van der Waals surface area contributed by atoms with Crippen LogP contribution < -0.4 is 5.32 Å². The Labute approximate surface area is 150 Å². The molecular weight excluding hydrogens is 318 g/mol. The lowest BCUT2D eigenvalue weighted by Gasteiger charge is -2.20. The summed E-state index contributed by atoms with van der Waals surface area (Å²) in [6.45, 7) is 8.60. The van der Waals surface area contributed by atoms with Crippen LogP contribution in [0.25, 0.3) is 0 Å². The van der Waals surface area contributed by atoms with Crippen LogP contribution in [-0.4, -0.2) is 5.91 Å². The van der Waals surface area contributed by atoms with Gasteiger partial charge in [-0.2, -0.15) is 0 Å². The van der Waals surface area contributed by atoms with Crippen molar-refractivity contribution >= 4 is 17.5 Å². The van der Waals surface area contributed by atoms with Crippen molar-refractivity contribution in [3.8, 4) is 0 Å². The maximum absolute atomic E-state index is 12.2. The number of carbonyl (C=O) groups is 1. The molecule has 0 saturated heterocycles. The minimum atomic E-state index is -0.00207. The van der Waals surface area contributed by atoms with E-state index in [4.69, 9.17) is 11.6 Å². The van der Waals surface area contributed by atoms with Gasteiger partial charge in [-0.05, 0) is 41.5 Å². The molecule has 2 rings (SSSR count). The zero-order valence-corrected chi connectivity index (χ0v) is 15.7. The largest absolute Gasteiger partial charge is 0.350 e. The molecule has 2 aromatic carbocycles. The number of carbonyl (C=O) groups excluding carboxylic acids is 1. The zero-order valence-electron chi connectivity index (χ0n) is 14.9.